The van der Waals surface area contributed by atoms with Crippen molar-refractivity contribution in [2.75, 3.05) is 19.8 Å². The molecule has 0 aliphatic rings. The Balaban J connectivity index is 4.59. The molecule has 0 heterocycles. The molecule has 4 nitrogen and oxygen atoms in total. The maximum Gasteiger partial charge on any atom is 0.460 e. The fourth-order valence-corrected chi connectivity index (χ4v) is 2.72. The van der Waals surface area contributed by atoms with Gasteiger partial charge in [0.05, 0.1) is 5.92 Å². The predicted molar refractivity (Wildman–Crippen MR) is 99.3 cm³/mol. The third-order valence-electron chi connectivity index (χ3n) is 4.66. The highest BCUT2D eigenvalue weighted by molar-refractivity contribution is 5.84. The molecular formula is C20H29F9O4. The summed E-state index contributed by atoms with van der Waals surface area (Å²) >= 11 is 0. The summed E-state index contributed by atoms with van der Waals surface area (Å²) in [5, 5.41) is 0. The first-order chi connectivity index (χ1) is 14.6. The van der Waals surface area contributed by atoms with Gasteiger partial charge in [0.25, 0.3) is 0 Å². The SMILES string of the molecule is CC(C)CC(C(=O)OCC(=O)COCCCC(F)(F)C(F)(F)C(F)(F)C(F)(F)F)C(C)(C)C. The fraction of sp³-hybridized carbons (Fsp3) is 0.900. The van der Waals surface area contributed by atoms with Gasteiger partial charge in [0.15, 0.2) is 12.4 Å². The van der Waals surface area contributed by atoms with Gasteiger partial charge >= 0.3 is 29.9 Å². The molecule has 1 unspecified atom stereocenters. The Labute approximate surface area is 186 Å². The zero-order valence-corrected chi connectivity index (χ0v) is 18.9. The number of ketones is 1. The lowest BCUT2D eigenvalue weighted by Gasteiger charge is -2.33. The predicted octanol–water partition coefficient (Wildman–Crippen LogP) is 6.07. The second kappa shape index (κ2) is 11.3. The Morgan fingerprint density at radius 1 is 0.818 bits per heavy atom. The van der Waals surface area contributed by atoms with Crippen LogP contribution in [0.4, 0.5) is 39.5 Å². The molecule has 0 radical (unpaired) electrons. The first-order valence-corrected chi connectivity index (χ1v) is 10.0. The summed E-state index contributed by atoms with van der Waals surface area (Å²) < 4.78 is 124. The zero-order valence-electron chi connectivity index (χ0n) is 18.9. The maximum atomic E-state index is 13.4. The number of rotatable bonds is 13. The highest BCUT2D eigenvalue weighted by Crippen LogP contribution is 2.54. The molecule has 0 spiro atoms. The van der Waals surface area contributed by atoms with Gasteiger partial charge in [0.2, 0.25) is 0 Å². The third kappa shape index (κ3) is 8.64. The monoisotopic (exact) mass is 504 g/mol. The van der Waals surface area contributed by atoms with E-state index in [-0.39, 0.29) is 5.92 Å². The van der Waals surface area contributed by atoms with Crippen molar-refractivity contribution in [1.82, 2.24) is 0 Å². The molecule has 13 heteroatoms. The van der Waals surface area contributed by atoms with E-state index >= 15 is 0 Å². The highest BCUT2D eigenvalue weighted by Gasteiger charge is 2.81. The lowest BCUT2D eigenvalue weighted by molar-refractivity contribution is -0.396. The summed E-state index contributed by atoms with van der Waals surface area (Å²) in [7, 11) is 0. The lowest BCUT2D eigenvalue weighted by atomic mass is 9.76. The molecule has 0 amide bonds. The van der Waals surface area contributed by atoms with E-state index < -0.39 is 79.7 Å². The molecule has 0 aliphatic carbocycles. The van der Waals surface area contributed by atoms with Gasteiger partial charge in [-0.25, -0.2) is 0 Å². The number of halogens is 9. The van der Waals surface area contributed by atoms with E-state index in [1.54, 1.807) is 0 Å². The molecule has 0 N–H and O–H groups in total. The van der Waals surface area contributed by atoms with Crippen molar-refractivity contribution in [3.63, 3.8) is 0 Å². The maximum absolute atomic E-state index is 13.4. The molecule has 0 aromatic carbocycles. The Bertz CT molecular complexity index is 653. The van der Waals surface area contributed by atoms with E-state index in [1.807, 2.05) is 34.6 Å². The summed E-state index contributed by atoms with van der Waals surface area (Å²) in [6.07, 6.45) is -9.46. The molecule has 0 bridgehead atoms. The van der Waals surface area contributed by atoms with Crippen molar-refractivity contribution in [2.24, 2.45) is 17.3 Å². The van der Waals surface area contributed by atoms with E-state index in [0.717, 1.165) is 0 Å². The summed E-state index contributed by atoms with van der Waals surface area (Å²) in [6.45, 7) is 6.97. The van der Waals surface area contributed by atoms with Gasteiger partial charge in [-0.3, -0.25) is 9.59 Å². The van der Waals surface area contributed by atoms with Gasteiger partial charge in [-0.1, -0.05) is 34.6 Å². The molecule has 196 valence electrons. The van der Waals surface area contributed by atoms with Crippen LogP contribution in [0.25, 0.3) is 0 Å². The fourth-order valence-electron chi connectivity index (χ4n) is 2.72. The van der Waals surface area contributed by atoms with Crippen LogP contribution in [0.15, 0.2) is 0 Å². The van der Waals surface area contributed by atoms with Crippen molar-refractivity contribution in [3.8, 4) is 0 Å². The van der Waals surface area contributed by atoms with Crippen molar-refractivity contribution in [1.29, 1.82) is 0 Å². The quantitative estimate of drug-likeness (QED) is 0.174. The summed E-state index contributed by atoms with van der Waals surface area (Å²) in [5.74, 6) is -21.1. The Morgan fingerprint density at radius 3 is 1.76 bits per heavy atom. The third-order valence-corrected chi connectivity index (χ3v) is 4.66. The molecule has 0 rings (SSSR count). The molecule has 0 aromatic heterocycles. The van der Waals surface area contributed by atoms with Crippen LogP contribution in [0.3, 0.4) is 0 Å². The molecule has 0 aliphatic heterocycles. The van der Waals surface area contributed by atoms with Crippen molar-refractivity contribution < 1.29 is 58.6 Å². The van der Waals surface area contributed by atoms with Crippen LogP contribution >= 0.6 is 0 Å². The normalized spacial score (nSPS) is 15.0. The van der Waals surface area contributed by atoms with Crippen molar-refractivity contribution >= 4 is 11.8 Å². The number of alkyl halides is 9. The first kappa shape index (κ1) is 31.5. The Morgan fingerprint density at radius 2 is 1.33 bits per heavy atom. The minimum absolute atomic E-state index is 0.169. The van der Waals surface area contributed by atoms with Crippen molar-refractivity contribution in [3.05, 3.63) is 0 Å². The number of carbonyl (C=O) groups excluding carboxylic acids is 2. The van der Waals surface area contributed by atoms with Gasteiger partial charge in [-0.15, -0.1) is 0 Å². The van der Waals surface area contributed by atoms with Gasteiger partial charge in [0, 0.05) is 13.0 Å². The summed E-state index contributed by atoms with van der Waals surface area (Å²) in [4.78, 5) is 24.0. The van der Waals surface area contributed by atoms with Crippen LogP contribution in [-0.2, 0) is 19.1 Å². The molecule has 0 saturated carbocycles. The van der Waals surface area contributed by atoms with Crippen LogP contribution in [0.5, 0.6) is 0 Å². The average Bonchev–Trinajstić information content (AvgIpc) is 2.61. The van der Waals surface area contributed by atoms with Gasteiger partial charge in [-0.05, 0) is 24.2 Å². The van der Waals surface area contributed by atoms with E-state index in [2.05, 4.69) is 4.74 Å². The van der Waals surface area contributed by atoms with E-state index in [9.17, 15) is 49.1 Å². The minimum atomic E-state index is -6.94. The topological polar surface area (TPSA) is 52.6 Å². The second-order valence-electron chi connectivity index (χ2n) is 9.20. The van der Waals surface area contributed by atoms with Crippen molar-refractivity contribution in [2.45, 2.75) is 77.8 Å². The van der Waals surface area contributed by atoms with Gasteiger partial charge < -0.3 is 9.47 Å². The molecule has 1 atom stereocenters. The lowest BCUT2D eigenvalue weighted by Crippen LogP contribution is -2.60. The number of Topliss-reactive ketones (excluding diaryl/α,β-unsaturated/α-hetero) is 1. The standard InChI is InChI=1S/C20H29F9O4/c1-12(2)9-14(16(3,4)5)15(31)33-11-13(30)10-32-8-6-7-17(21,22)18(23,24)19(25,26)20(27,28)29/h12,14H,6-11H2,1-5H3. The van der Waals surface area contributed by atoms with Crippen LogP contribution in [0.2, 0.25) is 0 Å². The molecule has 0 fully saturated rings. The first-order valence-electron chi connectivity index (χ1n) is 10.0. The highest BCUT2D eigenvalue weighted by atomic mass is 19.4. The van der Waals surface area contributed by atoms with Crippen LogP contribution in [-0.4, -0.2) is 55.5 Å². The Kier molecular flexibility index (Phi) is 10.7. The van der Waals surface area contributed by atoms with E-state index in [4.69, 9.17) is 4.74 Å². The van der Waals surface area contributed by atoms with E-state index in [0.29, 0.717) is 6.42 Å². The van der Waals surface area contributed by atoms with Gasteiger partial charge in [0.1, 0.15) is 6.61 Å². The van der Waals surface area contributed by atoms with E-state index in [1.165, 1.54) is 0 Å². The molecule has 0 saturated heterocycles. The average molecular weight is 504 g/mol. The summed E-state index contributed by atoms with van der Waals surface area (Å²) in [6, 6.07) is 0. The van der Waals surface area contributed by atoms with Gasteiger partial charge in [-0.2, -0.15) is 39.5 Å². The Hall–Kier alpha value is -1.53. The molecule has 33 heavy (non-hydrogen) atoms. The largest absolute Gasteiger partial charge is 0.460 e. The number of hydrogen-bond donors (Lipinski definition) is 0. The number of ether oxygens (including phenoxy) is 2. The number of esters is 1. The summed E-state index contributed by atoms with van der Waals surface area (Å²) in [5.41, 5.74) is -0.447. The minimum Gasteiger partial charge on any atom is -0.457 e. The zero-order chi connectivity index (χ0) is 26.5. The molecule has 0 aromatic rings. The van der Waals surface area contributed by atoms with Crippen LogP contribution < -0.4 is 0 Å². The number of hydrogen-bond acceptors (Lipinski definition) is 4. The van der Waals surface area contributed by atoms with Crippen LogP contribution in [0, 0.1) is 17.3 Å². The molecular weight excluding hydrogens is 475 g/mol. The number of carbonyl (C=O) groups is 2. The van der Waals surface area contributed by atoms with Crippen LogP contribution in [0.1, 0.15) is 53.9 Å². The second-order valence-corrected chi connectivity index (χ2v) is 9.20. The smallest absolute Gasteiger partial charge is 0.457 e.